The van der Waals surface area contributed by atoms with Gasteiger partial charge in [0.2, 0.25) is 0 Å². The van der Waals surface area contributed by atoms with Gasteiger partial charge in [-0.2, -0.15) is 0 Å². The molecule has 1 nitrogen and oxygen atoms in total. The third-order valence-corrected chi connectivity index (χ3v) is 4.54. The summed E-state index contributed by atoms with van der Waals surface area (Å²) in [6.45, 7) is 2.28. The van der Waals surface area contributed by atoms with E-state index in [4.69, 9.17) is 0 Å². The van der Waals surface area contributed by atoms with Crippen LogP contribution >= 0.6 is 0 Å². The summed E-state index contributed by atoms with van der Waals surface area (Å²) in [5.74, 6) is 0. The van der Waals surface area contributed by atoms with Crippen LogP contribution in [0.2, 0.25) is 0 Å². The molecule has 0 bridgehead atoms. The van der Waals surface area contributed by atoms with Gasteiger partial charge in [-0.3, -0.25) is 0 Å². The minimum Gasteiger partial charge on any atom is -0.392 e. The molecule has 131 valence electrons. The highest BCUT2D eigenvalue weighted by atomic mass is 16.3. The van der Waals surface area contributed by atoms with Crippen molar-refractivity contribution in [3.63, 3.8) is 0 Å². The zero-order chi connectivity index (χ0) is 16.6. The summed E-state index contributed by atoms with van der Waals surface area (Å²) in [5, 5.41) is 10.0. The van der Waals surface area contributed by atoms with E-state index in [1.54, 1.807) is 0 Å². The quantitative estimate of drug-likeness (QED) is 0.357. The number of rotatable bonds is 15. The summed E-state index contributed by atoms with van der Waals surface area (Å²) in [5.41, 5.74) is 1.12. The van der Waals surface area contributed by atoms with Gasteiger partial charge >= 0.3 is 0 Å². The summed E-state index contributed by atoms with van der Waals surface area (Å²) >= 11 is 0. The molecule has 0 aliphatic heterocycles. The first-order valence-corrected chi connectivity index (χ1v) is 9.91. The Morgan fingerprint density at radius 1 is 0.739 bits per heavy atom. The van der Waals surface area contributed by atoms with Crippen LogP contribution in [0.25, 0.3) is 0 Å². The van der Waals surface area contributed by atoms with Crippen LogP contribution < -0.4 is 0 Å². The van der Waals surface area contributed by atoms with E-state index in [1.165, 1.54) is 70.6 Å². The number of aliphatic hydroxyl groups excluding tert-OH is 1. The van der Waals surface area contributed by atoms with Crippen molar-refractivity contribution in [3.05, 3.63) is 42.3 Å². The topological polar surface area (TPSA) is 20.2 Å². The molecule has 0 aliphatic carbocycles. The Morgan fingerprint density at radius 2 is 1.22 bits per heavy atom. The Balaban J connectivity index is 1.82. The standard InChI is InChI=1S/C22H37O/c1-2-3-4-5-6-7-8-9-10-11-12-16-19-22(23)20-21-17-14-13-15-18-21/h13-15,17-18,20,22-23H,2-12,16,19H2,1H3. The van der Waals surface area contributed by atoms with Gasteiger partial charge in [-0.1, -0.05) is 114 Å². The molecule has 1 aromatic rings. The number of hydrogen-bond acceptors (Lipinski definition) is 1. The molecule has 0 fully saturated rings. The second-order valence-electron chi connectivity index (χ2n) is 6.82. The van der Waals surface area contributed by atoms with E-state index in [1.807, 2.05) is 36.8 Å². The molecule has 0 aromatic heterocycles. The lowest BCUT2D eigenvalue weighted by molar-refractivity contribution is 0.195. The average molecular weight is 318 g/mol. The zero-order valence-electron chi connectivity index (χ0n) is 15.2. The smallest absolute Gasteiger partial charge is 0.0615 e. The third kappa shape index (κ3) is 12.3. The Labute approximate surface area is 144 Å². The van der Waals surface area contributed by atoms with Crippen molar-refractivity contribution in [2.75, 3.05) is 0 Å². The van der Waals surface area contributed by atoms with Crippen molar-refractivity contribution < 1.29 is 5.11 Å². The number of hydrogen-bond donors (Lipinski definition) is 1. The molecule has 0 spiro atoms. The largest absolute Gasteiger partial charge is 0.392 e. The summed E-state index contributed by atoms with van der Waals surface area (Å²) < 4.78 is 0. The summed E-state index contributed by atoms with van der Waals surface area (Å²) in [4.78, 5) is 0. The Kier molecular flexibility index (Phi) is 13.0. The zero-order valence-corrected chi connectivity index (χ0v) is 15.2. The van der Waals surface area contributed by atoms with E-state index in [9.17, 15) is 5.11 Å². The molecular weight excluding hydrogens is 280 g/mol. The van der Waals surface area contributed by atoms with Crippen LogP contribution in [0.1, 0.15) is 96.0 Å². The molecule has 0 saturated heterocycles. The Bertz CT molecular complexity index is 346. The monoisotopic (exact) mass is 317 g/mol. The molecule has 0 saturated carbocycles. The highest BCUT2D eigenvalue weighted by Gasteiger charge is 2.05. The minimum absolute atomic E-state index is 0.291. The van der Waals surface area contributed by atoms with Crippen molar-refractivity contribution in [2.45, 2.75) is 96.5 Å². The van der Waals surface area contributed by atoms with Gasteiger partial charge in [0, 0.05) is 6.42 Å². The number of benzene rings is 1. The Morgan fingerprint density at radius 3 is 1.74 bits per heavy atom. The first-order valence-electron chi connectivity index (χ1n) is 9.91. The van der Waals surface area contributed by atoms with Crippen molar-refractivity contribution in [3.8, 4) is 0 Å². The summed E-state index contributed by atoms with van der Waals surface area (Å²) in [7, 11) is 0. The van der Waals surface area contributed by atoms with Gasteiger partial charge in [0.25, 0.3) is 0 Å². The number of aliphatic hydroxyl groups is 1. The molecule has 0 aliphatic rings. The van der Waals surface area contributed by atoms with Crippen LogP contribution in [0.4, 0.5) is 0 Å². The second kappa shape index (κ2) is 14.8. The molecule has 1 heteroatoms. The van der Waals surface area contributed by atoms with Crippen molar-refractivity contribution in [1.82, 2.24) is 0 Å². The average Bonchev–Trinajstić information content (AvgIpc) is 2.57. The predicted molar refractivity (Wildman–Crippen MR) is 102 cm³/mol. The molecule has 1 aromatic carbocycles. The van der Waals surface area contributed by atoms with E-state index < -0.39 is 0 Å². The molecule has 1 N–H and O–H groups in total. The summed E-state index contributed by atoms with van der Waals surface area (Å²) in [6, 6.07) is 10.1. The van der Waals surface area contributed by atoms with Crippen molar-refractivity contribution >= 4 is 0 Å². The molecule has 0 amide bonds. The second-order valence-corrected chi connectivity index (χ2v) is 6.82. The minimum atomic E-state index is -0.291. The van der Waals surface area contributed by atoms with Gasteiger partial charge < -0.3 is 5.11 Å². The normalized spacial score (nSPS) is 12.4. The van der Waals surface area contributed by atoms with Crippen molar-refractivity contribution in [1.29, 1.82) is 0 Å². The molecular formula is C22H37O. The molecule has 1 atom stereocenters. The number of unbranched alkanes of at least 4 members (excludes halogenated alkanes) is 11. The van der Waals surface area contributed by atoms with Crippen LogP contribution in [0.5, 0.6) is 0 Å². The maximum absolute atomic E-state index is 10.0. The highest BCUT2D eigenvalue weighted by molar-refractivity contribution is 5.23. The Hall–Kier alpha value is -0.820. The SMILES string of the molecule is CCCCCCCCCCCCCCC(O)[CH]c1ccccc1. The summed E-state index contributed by atoms with van der Waals surface area (Å²) in [6.07, 6.45) is 19.0. The lowest BCUT2D eigenvalue weighted by Crippen LogP contribution is -2.07. The highest BCUT2D eigenvalue weighted by Crippen LogP contribution is 2.15. The van der Waals surface area contributed by atoms with Gasteiger partial charge in [-0.05, 0) is 12.0 Å². The first-order chi connectivity index (χ1) is 11.3. The van der Waals surface area contributed by atoms with Gasteiger partial charge in [0.15, 0.2) is 0 Å². The fourth-order valence-corrected chi connectivity index (χ4v) is 3.06. The van der Waals surface area contributed by atoms with Crippen LogP contribution in [-0.4, -0.2) is 11.2 Å². The van der Waals surface area contributed by atoms with Crippen LogP contribution in [0.3, 0.4) is 0 Å². The van der Waals surface area contributed by atoms with Gasteiger partial charge in [-0.15, -0.1) is 0 Å². The third-order valence-electron chi connectivity index (χ3n) is 4.54. The molecule has 1 radical (unpaired) electrons. The fraction of sp³-hybridized carbons (Fsp3) is 0.682. The molecule has 1 unspecified atom stereocenters. The fourth-order valence-electron chi connectivity index (χ4n) is 3.06. The lowest BCUT2D eigenvalue weighted by Gasteiger charge is -2.10. The lowest BCUT2D eigenvalue weighted by atomic mass is 10.0. The van der Waals surface area contributed by atoms with Gasteiger partial charge in [0.1, 0.15) is 0 Å². The van der Waals surface area contributed by atoms with Gasteiger partial charge in [0.05, 0.1) is 6.10 Å². The maximum Gasteiger partial charge on any atom is 0.0615 e. The molecule has 1 rings (SSSR count). The maximum atomic E-state index is 10.0. The first kappa shape index (κ1) is 20.2. The van der Waals surface area contributed by atoms with E-state index in [0.717, 1.165) is 18.4 Å². The van der Waals surface area contributed by atoms with E-state index >= 15 is 0 Å². The van der Waals surface area contributed by atoms with Crippen molar-refractivity contribution in [2.24, 2.45) is 0 Å². The van der Waals surface area contributed by atoms with E-state index in [0.29, 0.717) is 0 Å². The van der Waals surface area contributed by atoms with E-state index in [-0.39, 0.29) is 6.10 Å². The van der Waals surface area contributed by atoms with Crippen LogP contribution in [-0.2, 0) is 0 Å². The van der Waals surface area contributed by atoms with Gasteiger partial charge in [-0.25, -0.2) is 0 Å². The van der Waals surface area contributed by atoms with Crippen LogP contribution in [0, 0.1) is 6.42 Å². The van der Waals surface area contributed by atoms with E-state index in [2.05, 4.69) is 6.92 Å². The predicted octanol–water partition coefficient (Wildman–Crippen LogP) is 6.69. The molecule has 0 heterocycles. The van der Waals surface area contributed by atoms with Crippen LogP contribution in [0.15, 0.2) is 30.3 Å². The molecule has 23 heavy (non-hydrogen) atoms.